The van der Waals surface area contributed by atoms with E-state index in [1.165, 1.54) is 0 Å². The maximum absolute atomic E-state index is 12.2. The molecule has 20 heavy (non-hydrogen) atoms. The maximum Gasteiger partial charge on any atom is 0.251 e. The summed E-state index contributed by atoms with van der Waals surface area (Å²) in [6.45, 7) is 3.37. The van der Waals surface area contributed by atoms with Crippen LogP contribution in [0.1, 0.15) is 35.2 Å². The summed E-state index contributed by atoms with van der Waals surface area (Å²) in [5.74, 6) is 0.507. The van der Waals surface area contributed by atoms with E-state index in [1.54, 1.807) is 0 Å². The molecule has 1 saturated heterocycles. The van der Waals surface area contributed by atoms with Crippen LogP contribution in [0.15, 0.2) is 24.3 Å². The lowest BCUT2D eigenvalue weighted by molar-refractivity contribution is -0.131. The molecule has 1 aromatic carbocycles. The van der Waals surface area contributed by atoms with Crippen molar-refractivity contribution >= 4 is 11.8 Å². The van der Waals surface area contributed by atoms with E-state index in [-0.39, 0.29) is 23.8 Å². The van der Waals surface area contributed by atoms with Crippen molar-refractivity contribution in [2.45, 2.75) is 32.2 Å². The van der Waals surface area contributed by atoms with Crippen LogP contribution in [-0.4, -0.2) is 35.8 Å². The van der Waals surface area contributed by atoms with Crippen molar-refractivity contribution in [3.63, 3.8) is 0 Å². The fourth-order valence-corrected chi connectivity index (χ4v) is 2.76. The molecular weight excluding hydrogens is 252 g/mol. The summed E-state index contributed by atoms with van der Waals surface area (Å²) >= 11 is 0. The molecule has 4 nitrogen and oxygen atoms in total. The summed E-state index contributed by atoms with van der Waals surface area (Å²) < 4.78 is 0. The summed E-state index contributed by atoms with van der Waals surface area (Å²) in [6.07, 6.45) is 2.93. The number of amides is 2. The van der Waals surface area contributed by atoms with Gasteiger partial charge in [-0.05, 0) is 37.8 Å². The molecular formula is C16H20N2O2. The summed E-state index contributed by atoms with van der Waals surface area (Å²) in [5, 5.41) is 3.05. The Labute approximate surface area is 119 Å². The van der Waals surface area contributed by atoms with Gasteiger partial charge in [0, 0.05) is 30.6 Å². The minimum atomic E-state index is -0.0335. The number of rotatable bonds is 3. The molecule has 106 valence electrons. The van der Waals surface area contributed by atoms with Crippen LogP contribution in [0.2, 0.25) is 0 Å². The largest absolute Gasteiger partial charge is 0.347 e. The fourth-order valence-electron chi connectivity index (χ4n) is 2.76. The first-order valence-corrected chi connectivity index (χ1v) is 7.30. The Morgan fingerprint density at radius 1 is 1.20 bits per heavy atom. The molecule has 2 aliphatic rings. The van der Waals surface area contributed by atoms with E-state index in [1.807, 2.05) is 36.1 Å². The lowest BCUT2D eigenvalue weighted by Crippen LogP contribution is -2.39. The number of hydrogen-bond acceptors (Lipinski definition) is 2. The molecule has 0 aromatic heterocycles. The van der Waals surface area contributed by atoms with Crippen molar-refractivity contribution < 1.29 is 9.59 Å². The first-order valence-electron chi connectivity index (χ1n) is 7.30. The van der Waals surface area contributed by atoms with Crippen LogP contribution in [0.3, 0.4) is 0 Å². The lowest BCUT2D eigenvalue weighted by atomic mass is 10.1. The molecule has 1 aliphatic carbocycles. The molecule has 4 heteroatoms. The second-order valence-electron chi connectivity index (χ2n) is 5.83. The third-order valence-electron chi connectivity index (χ3n) is 4.15. The van der Waals surface area contributed by atoms with Crippen molar-refractivity contribution in [1.29, 1.82) is 0 Å². The minimum absolute atomic E-state index is 0.0335. The van der Waals surface area contributed by atoms with Gasteiger partial charge in [-0.1, -0.05) is 18.2 Å². The zero-order chi connectivity index (χ0) is 14.1. The number of nitrogens with zero attached hydrogens (tertiary/aromatic N) is 1. The highest BCUT2D eigenvalue weighted by Gasteiger charge is 2.36. The monoisotopic (exact) mass is 272 g/mol. The Balaban J connectivity index is 1.58. The van der Waals surface area contributed by atoms with Crippen molar-refractivity contribution in [2.75, 3.05) is 13.1 Å². The molecule has 0 radical (unpaired) electrons. The number of carbonyl (C=O) groups is 2. The Morgan fingerprint density at radius 2 is 1.95 bits per heavy atom. The quantitative estimate of drug-likeness (QED) is 0.911. The Bertz CT molecular complexity index is 537. The molecule has 2 fully saturated rings. The second-order valence-corrected chi connectivity index (χ2v) is 5.83. The van der Waals surface area contributed by atoms with Gasteiger partial charge in [0.1, 0.15) is 0 Å². The topological polar surface area (TPSA) is 49.4 Å². The molecule has 3 rings (SSSR count). The lowest BCUT2D eigenvalue weighted by Gasteiger charge is -2.17. The van der Waals surface area contributed by atoms with E-state index < -0.39 is 0 Å². The van der Waals surface area contributed by atoms with Gasteiger partial charge in [0.15, 0.2) is 0 Å². The van der Waals surface area contributed by atoms with Crippen LogP contribution in [0, 0.1) is 12.8 Å². The van der Waals surface area contributed by atoms with Crippen molar-refractivity contribution in [2.24, 2.45) is 5.92 Å². The van der Waals surface area contributed by atoms with E-state index in [2.05, 4.69) is 5.32 Å². The molecule has 1 unspecified atom stereocenters. The van der Waals surface area contributed by atoms with Crippen molar-refractivity contribution in [3.8, 4) is 0 Å². The number of aryl methyl sites for hydroxylation is 1. The molecule has 1 aliphatic heterocycles. The molecule has 0 bridgehead atoms. The second kappa shape index (κ2) is 5.27. The minimum Gasteiger partial charge on any atom is -0.347 e. The average molecular weight is 272 g/mol. The van der Waals surface area contributed by atoms with E-state index in [0.29, 0.717) is 6.54 Å². The number of likely N-dealkylation sites (tertiary alicyclic amines) is 1. The molecule has 1 heterocycles. The van der Waals surface area contributed by atoms with Gasteiger partial charge >= 0.3 is 0 Å². The van der Waals surface area contributed by atoms with Gasteiger partial charge in [-0.3, -0.25) is 9.59 Å². The molecule has 2 amide bonds. The van der Waals surface area contributed by atoms with E-state index in [9.17, 15) is 9.59 Å². The number of benzene rings is 1. The van der Waals surface area contributed by atoms with E-state index in [0.717, 1.165) is 36.9 Å². The highest BCUT2D eigenvalue weighted by Crippen LogP contribution is 2.32. The Hall–Kier alpha value is -1.84. The molecule has 1 saturated carbocycles. The first kappa shape index (κ1) is 13.2. The number of carbonyl (C=O) groups excluding carboxylic acids is 2. The van der Waals surface area contributed by atoms with Crippen LogP contribution in [0.5, 0.6) is 0 Å². The fraction of sp³-hybridized carbons (Fsp3) is 0.500. The van der Waals surface area contributed by atoms with Crippen molar-refractivity contribution in [3.05, 3.63) is 35.4 Å². The van der Waals surface area contributed by atoms with Gasteiger partial charge in [-0.25, -0.2) is 0 Å². The average Bonchev–Trinajstić information content (AvgIpc) is 3.19. The van der Waals surface area contributed by atoms with Crippen LogP contribution in [0.25, 0.3) is 0 Å². The molecule has 1 aromatic rings. The summed E-state index contributed by atoms with van der Waals surface area (Å²) in [5.41, 5.74) is 1.70. The van der Waals surface area contributed by atoms with Crippen LogP contribution in [0.4, 0.5) is 0 Å². The highest BCUT2D eigenvalue weighted by atomic mass is 16.2. The van der Waals surface area contributed by atoms with Gasteiger partial charge in [0.25, 0.3) is 5.91 Å². The van der Waals surface area contributed by atoms with Gasteiger partial charge in [0.05, 0.1) is 0 Å². The predicted octanol–water partition coefficient (Wildman–Crippen LogP) is 1.74. The zero-order valence-corrected chi connectivity index (χ0v) is 11.8. The third kappa shape index (κ3) is 2.69. The first-order chi connectivity index (χ1) is 9.65. The summed E-state index contributed by atoms with van der Waals surface area (Å²) in [7, 11) is 0. The third-order valence-corrected chi connectivity index (χ3v) is 4.15. The van der Waals surface area contributed by atoms with Gasteiger partial charge in [0.2, 0.25) is 5.91 Å². The summed E-state index contributed by atoms with van der Waals surface area (Å²) in [6, 6.07) is 7.67. The standard InChI is InChI=1S/C16H20N2O2/c1-11-4-2-3-5-14(11)15(19)17-13-8-9-18(10-13)16(20)12-6-7-12/h2-5,12-13H,6-10H2,1H3,(H,17,19). The van der Waals surface area contributed by atoms with Crippen LogP contribution < -0.4 is 5.32 Å². The Morgan fingerprint density at radius 3 is 2.65 bits per heavy atom. The molecule has 1 N–H and O–H groups in total. The predicted molar refractivity (Wildman–Crippen MR) is 76.4 cm³/mol. The maximum atomic E-state index is 12.2. The SMILES string of the molecule is Cc1ccccc1C(=O)NC1CCN(C(=O)C2CC2)C1. The summed E-state index contributed by atoms with van der Waals surface area (Å²) in [4.78, 5) is 26.1. The zero-order valence-electron chi connectivity index (χ0n) is 11.8. The van der Waals surface area contributed by atoms with Crippen LogP contribution in [-0.2, 0) is 4.79 Å². The van der Waals surface area contributed by atoms with E-state index in [4.69, 9.17) is 0 Å². The van der Waals surface area contributed by atoms with Gasteiger partial charge in [-0.15, -0.1) is 0 Å². The molecule has 1 atom stereocenters. The highest BCUT2D eigenvalue weighted by molar-refractivity contribution is 5.95. The smallest absolute Gasteiger partial charge is 0.251 e. The normalized spacial score (nSPS) is 21.9. The van der Waals surface area contributed by atoms with Crippen LogP contribution >= 0.6 is 0 Å². The number of hydrogen-bond donors (Lipinski definition) is 1. The number of nitrogens with one attached hydrogen (secondary N) is 1. The van der Waals surface area contributed by atoms with Gasteiger partial charge in [-0.2, -0.15) is 0 Å². The van der Waals surface area contributed by atoms with E-state index >= 15 is 0 Å². The van der Waals surface area contributed by atoms with Crippen molar-refractivity contribution in [1.82, 2.24) is 10.2 Å². The van der Waals surface area contributed by atoms with Gasteiger partial charge < -0.3 is 10.2 Å². The Kier molecular flexibility index (Phi) is 3.47. The molecule has 0 spiro atoms.